The third kappa shape index (κ3) is 6.90. The van der Waals surface area contributed by atoms with Gasteiger partial charge in [0.2, 0.25) is 0 Å². The standard InChI is InChI=1S/C29H36N4O6S/c1-20-16-33(21(2)19-34)29(35)26-15-23(31-40(36,37)25-8-6-24(38-4)7-9-25)5-10-27(26)39-28(20)18-32(3)17-22-11-13-30-14-12-22/h5-15,20-21,28,31,34H,16-19H2,1-4H3/t20-,21-,28-/m1/s1. The Morgan fingerprint density at radius 1 is 1.18 bits per heavy atom. The molecule has 0 fully saturated rings. The number of nitrogens with one attached hydrogen (secondary N) is 1. The van der Waals surface area contributed by atoms with Crippen LogP contribution in [0.4, 0.5) is 5.69 Å². The molecular weight excluding hydrogens is 532 g/mol. The minimum absolute atomic E-state index is 0.0424. The van der Waals surface area contributed by atoms with Gasteiger partial charge in [0.1, 0.15) is 17.6 Å². The van der Waals surface area contributed by atoms with Crippen LogP contribution in [0.25, 0.3) is 0 Å². The van der Waals surface area contributed by atoms with Crippen LogP contribution in [0.2, 0.25) is 0 Å². The van der Waals surface area contributed by atoms with Crippen LogP contribution in [0.1, 0.15) is 29.8 Å². The Morgan fingerprint density at radius 3 is 2.52 bits per heavy atom. The van der Waals surface area contributed by atoms with E-state index < -0.39 is 16.1 Å². The van der Waals surface area contributed by atoms with Crippen molar-refractivity contribution >= 4 is 21.6 Å². The lowest BCUT2D eigenvalue weighted by Gasteiger charge is -2.38. The predicted octanol–water partition coefficient (Wildman–Crippen LogP) is 3.24. The predicted molar refractivity (Wildman–Crippen MR) is 152 cm³/mol. The molecule has 0 aliphatic carbocycles. The number of fused-ring (bicyclic) bond motifs is 1. The summed E-state index contributed by atoms with van der Waals surface area (Å²) in [5, 5.41) is 9.91. The summed E-state index contributed by atoms with van der Waals surface area (Å²) in [6, 6.07) is 14.2. The van der Waals surface area contributed by atoms with Gasteiger partial charge in [-0.25, -0.2) is 8.42 Å². The molecule has 0 spiro atoms. The van der Waals surface area contributed by atoms with Crippen molar-refractivity contribution in [3.8, 4) is 11.5 Å². The van der Waals surface area contributed by atoms with Gasteiger partial charge >= 0.3 is 0 Å². The first-order valence-corrected chi connectivity index (χ1v) is 14.6. The van der Waals surface area contributed by atoms with E-state index >= 15 is 0 Å². The highest BCUT2D eigenvalue weighted by atomic mass is 32.2. The van der Waals surface area contributed by atoms with Crippen LogP contribution in [0.3, 0.4) is 0 Å². The van der Waals surface area contributed by atoms with E-state index in [2.05, 4.69) is 14.6 Å². The normalized spacial score (nSPS) is 18.4. The fraction of sp³-hybridized carbons (Fsp3) is 0.379. The number of likely N-dealkylation sites (N-methyl/N-ethyl adjacent to an activating group) is 1. The average molecular weight is 569 g/mol. The maximum absolute atomic E-state index is 13.7. The van der Waals surface area contributed by atoms with Crippen LogP contribution < -0.4 is 14.2 Å². The number of sulfonamides is 1. The topological polar surface area (TPSA) is 121 Å². The number of pyridine rings is 1. The summed E-state index contributed by atoms with van der Waals surface area (Å²) in [6.07, 6.45) is 3.25. The van der Waals surface area contributed by atoms with Crippen LogP contribution in [0.15, 0.2) is 71.9 Å². The summed E-state index contributed by atoms with van der Waals surface area (Å²) < 4.78 is 40.2. The monoisotopic (exact) mass is 568 g/mol. The van der Waals surface area contributed by atoms with Gasteiger partial charge in [-0.05, 0) is 74.1 Å². The molecular formula is C29H36N4O6S. The third-order valence-electron chi connectivity index (χ3n) is 6.98. The number of hydrogen-bond donors (Lipinski definition) is 2. The third-order valence-corrected chi connectivity index (χ3v) is 8.38. The molecule has 2 aromatic carbocycles. The summed E-state index contributed by atoms with van der Waals surface area (Å²) in [5.74, 6) is 0.522. The number of aromatic nitrogens is 1. The molecule has 0 bridgehead atoms. The first-order chi connectivity index (χ1) is 19.1. The van der Waals surface area contributed by atoms with E-state index in [1.165, 1.54) is 25.3 Å². The summed E-state index contributed by atoms with van der Waals surface area (Å²) >= 11 is 0. The zero-order valence-corrected chi connectivity index (χ0v) is 24.0. The number of hydrogen-bond acceptors (Lipinski definition) is 8. The summed E-state index contributed by atoms with van der Waals surface area (Å²) in [5.41, 5.74) is 1.57. The van der Waals surface area contributed by atoms with Crippen molar-refractivity contribution in [2.24, 2.45) is 5.92 Å². The van der Waals surface area contributed by atoms with Crippen molar-refractivity contribution in [2.45, 2.75) is 37.4 Å². The summed E-state index contributed by atoms with van der Waals surface area (Å²) in [6.45, 7) is 5.26. The van der Waals surface area contributed by atoms with Crippen molar-refractivity contribution in [1.29, 1.82) is 0 Å². The highest BCUT2D eigenvalue weighted by molar-refractivity contribution is 7.92. The van der Waals surface area contributed by atoms with Crippen molar-refractivity contribution in [1.82, 2.24) is 14.8 Å². The molecule has 3 aromatic rings. The maximum atomic E-state index is 13.7. The summed E-state index contributed by atoms with van der Waals surface area (Å²) in [4.78, 5) is 21.6. The molecule has 11 heteroatoms. The number of carbonyl (C=O) groups excluding carboxylic acids is 1. The Labute approximate surface area is 235 Å². The minimum Gasteiger partial charge on any atom is -0.497 e. The van der Waals surface area contributed by atoms with Gasteiger partial charge in [-0.15, -0.1) is 0 Å². The number of methoxy groups -OCH3 is 1. The van der Waals surface area contributed by atoms with E-state index in [1.807, 2.05) is 26.1 Å². The number of nitrogens with zero attached hydrogens (tertiary/aromatic N) is 3. The molecule has 0 radical (unpaired) electrons. The lowest BCUT2D eigenvalue weighted by Crippen LogP contribution is -2.49. The lowest BCUT2D eigenvalue weighted by molar-refractivity contribution is 0.0341. The van der Waals surface area contributed by atoms with E-state index in [0.29, 0.717) is 31.1 Å². The first kappa shape index (κ1) is 29.3. The van der Waals surface area contributed by atoms with E-state index in [9.17, 15) is 18.3 Å². The molecule has 2 heterocycles. The quantitative estimate of drug-likeness (QED) is 0.382. The Balaban J connectivity index is 1.62. The van der Waals surface area contributed by atoms with Crippen LogP contribution in [0.5, 0.6) is 11.5 Å². The highest BCUT2D eigenvalue weighted by Crippen LogP contribution is 2.31. The van der Waals surface area contributed by atoms with Crippen molar-refractivity contribution in [3.63, 3.8) is 0 Å². The van der Waals surface area contributed by atoms with Crippen molar-refractivity contribution < 1.29 is 27.8 Å². The number of amides is 1. The molecule has 0 saturated carbocycles. The van der Waals surface area contributed by atoms with Crippen LogP contribution in [-0.4, -0.2) is 80.2 Å². The molecule has 10 nitrogen and oxygen atoms in total. The molecule has 0 unspecified atom stereocenters. The van der Waals surface area contributed by atoms with Crippen molar-refractivity contribution in [2.75, 3.05) is 38.6 Å². The van der Waals surface area contributed by atoms with E-state index in [-0.39, 0.29) is 40.7 Å². The summed E-state index contributed by atoms with van der Waals surface area (Å²) in [7, 11) is -0.410. The van der Waals surface area contributed by atoms with Gasteiger partial charge in [0, 0.05) is 43.6 Å². The fourth-order valence-corrected chi connectivity index (χ4v) is 5.69. The number of benzene rings is 2. The number of aliphatic hydroxyl groups is 1. The van der Waals surface area contributed by atoms with Gasteiger partial charge in [0.05, 0.1) is 30.2 Å². The SMILES string of the molecule is COc1ccc(S(=O)(=O)Nc2ccc3c(c2)C(=O)N([C@H](C)CO)C[C@@H](C)[C@@H](CN(C)Cc2ccncc2)O3)cc1. The molecule has 1 amide bonds. The molecule has 4 rings (SSSR count). The van der Waals surface area contributed by atoms with E-state index in [4.69, 9.17) is 9.47 Å². The van der Waals surface area contributed by atoms with Gasteiger partial charge in [-0.3, -0.25) is 19.4 Å². The van der Waals surface area contributed by atoms with E-state index in [1.54, 1.807) is 48.5 Å². The highest BCUT2D eigenvalue weighted by Gasteiger charge is 2.33. The fourth-order valence-electron chi connectivity index (χ4n) is 4.64. The second-order valence-corrected chi connectivity index (χ2v) is 11.8. The molecule has 2 N–H and O–H groups in total. The zero-order valence-electron chi connectivity index (χ0n) is 23.1. The lowest BCUT2D eigenvalue weighted by atomic mass is 9.99. The second kappa shape index (κ2) is 12.7. The molecule has 1 aromatic heterocycles. The Hall–Kier alpha value is -3.67. The Kier molecular flexibility index (Phi) is 9.28. The number of carbonyl (C=O) groups is 1. The van der Waals surface area contributed by atoms with E-state index in [0.717, 1.165) is 5.56 Å². The number of anilines is 1. The molecule has 0 saturated heterocycles. The van der Waals surface area contributed by atoms with Gasteiger partial charge in [0.25, 0.3) is 15.9 Å². The smallest absolute Gasteiger partial charge is 0.261 e. The zero-order chi connectivity index (χ0) is 28.9. The van der Waals surface area contributed by atoms with Crippen molar-refractivity contribution in [3.05, 3.63) is 78.1 Å². The van der Waals surface area contributed by atoms with Gasteiger partial charge in [-0.1, -0.05) is 6.92 Å². The van der Waals surface area contributed by atoms with Crippen LogP contribution >= 0.6 is 0 Å². The first-order valence-electron chi connectivity index (χ1n) is 13.1. The number of rotatable bonds is 10. The molecule has 1 aliphatic rings. The molecule has 40 heavy (non-hydrogen) atoms. The molecule has 3 atom stereocenters. The second-order valence-electron chi connectivity index (χ2n) is 10.2. The molecule has 1 aliphatic heterocycles. The van der Waals surface area contributed by atoms with Gasteiger partial charge in [-0.2, -0.15) is 0 Å². The van der Waals surface area contributed by atoms with Crippen LogP contribution in [0, 0.1) is 5.92 Å². The molecule has 214 valence electrons. The van der Waals surface area contributed by atoms with Crippen LogP contribution in [-0.2, 0) is 16.6 Å². The Morgan fingerprint density at radius 2 is 1.88 bits per heavy atom. The largest absolute Gasteiger partial charge is 0.497 e. The van der Waals surface area contributed by atoms with Gasteiger partial charge < -0.3 is 19.5 Å². The minimum atomic E-state index is -3.92. The maximum Gasteiger partial charge on any atom is 0.261 e. The number of ether oxygens (including phenoxy) is 2. The van der Waals surface area contributed by atoms with Gasteiger partial charge in [0.15, 0.2) is 0 Å². The average Bonchev–Trinajstić information content (AvgIpc) is 2.95. The Bertz CT molecular complexity index is 1400. The number of aliphatic hydroxyl groups excluding tert-OH is 1.